The highest BCUT2D eigenvalue weighted by atomic mass is 16.6. The van der Waals surface area contributed by atoms with Crippen LogP contribution in [0.3, 0.4) is 0 Å². The Morgan fingerprint density at radius 1 is 1.35 bits per heavy atom. The first-order valence-electron chi connectivity index (χ1n) is 5.91. The third-order valence-electron chi connectivity index (χ3n) is 2.57. The van der Waals surface area contributed by atoms with E-state index < -0.39 is 17.3 Å². The highest BCUT2D eigenvalue weighted by molar-refractivity contribution is 5.69. The molecule has 17 heavy (non-hydrogen) atoms. The smallest absolute Gasteiger partial charge is 0.410 e. The van der Waals surface area contributed by atoms with Gasteiger partial charge in [0.1, 0.15) is 5.60 Å². The van der Waals surface area contributed by atoms with E-state index in [2.05, 4.69) is 0 Å². The number of carbonyl (C=O) groups is 1. The third kappa shape index (κ3) is 4.16. The molecule has 0 bridgehead atoms. The summed E-state index contributed by atoms with van der Waals surface area (Å²) in [6, 6.07) is -0.369. The number of amides is 1. The van der Waals surface area contributed by atoms with Crippen LogP contribution in [-0.4, -0.2) is 53.1 Å². The third-order valence-corrected chi connectivity index (χ3v) is 2.57. The van der Waals surface area contributed by atoms with Gasteiger partial charge in [0.2, 0.25) is 0 Å². The molecule has 100 valence electrons. The maximum atomic E-state index is 12.0. The molecule has 1 unspecified atom stereocenters. The van der Waals surface area contributed by atoms with E-state index in [4.69, 9.17) is 9.47 Å². The molecule has 5 nitrogen and oxygen atoms in total. The first-order valence-corrected chi connectivity index (χ1v) is 5.91. The van der Waals surface area contributed by atoms with Crippen molar-refractivity contribution < 1.29 is 19.4 Å². The normalized spacial score (nSPS) is 22.5. The lowest BCUT2D eigenvalue weighted by Crippen LogP contribution is -2.58. The van der Waals surface area contributed by atoms with E-state index in [1.165, 1.54) is 0 Å². The number of morpholine rings is 1. The Balaban J connectivity index is 2.75. The van der Waals surface area contributed by atoms with Crippen LogP contribution in [0.1, 0.15) is 34.6 Å². The fourth-order valence-corrected chi connectivity index (χ4v) is 1.73. The number of aliphatic hydroxyl groups is 1. The van der Waals surface area contributed by atoms with Crippen molar-refractivity contribution >= 4 is 6.09 Å². The maximum absolute atomic E-state index is 12.0. The van der Waals surface area contributed by atoms with Crippen LogP contribution in [0.15, 0.2) is 0 Å². The van der Waals surface area contributed by atoms with E-state index in [9.17, 15) is 9.90 Å². The van der Waals surface area contributed by atoms with Crippen LogP contribution in [0.2, 0.25) is 0 Å². The lowest BCUT2D eigenvalue weighted by Gasteiger charge is -2.42. The number of nitrogens with zero attached hydrogens (tertiary/aromatic N) is 1. The van der Waals surface area contributed by atoms with Crippen LogP contribution >= 0.6 is 0 Å². The van der Waals surface area contributed by atoms with Crippen molar-refractivity contribution in [3.8, 4) is 0 Å². The van der Waals surface area contributed by atoms with E-state index in [1.54, 1.807) is 18.7 Å². The van der Waals surface area contributed by atoms with Gasteiger partial charge in [-0.05, 0) is 34.6 Å². The molecular weight excluding hydrogens is 222 g/mol. The van der Waals surface area contributed by atoms with Crippen LogP contribution in [0.4, 0.5) is 4.79 Å². The molecule has 1 aliphatic heterocycles. The predicted molar refractivity (Wildman–Crippen MR) is 63.8 cm³/mol. The Morgan fingerprint density at radius 2 is 1.94 bits per heavy atom. The van der Waals surface area contributed by atoms with E-state index in [1.807, 2.05) is 20.8 Å². The van der Waals surface area contributed by atoms with Crippen LogP contribution in [0.25, 0.3) is 0 Å². The molecule has 1 N–H and O–H groups in total. The lowest BCUT2D eigenvalue weighted by molar-refractivity contribution is -0.0959. The van der Waals surface area contributed by atoms with Gasteiger partial charge in [-0.1, -0.05) is 0 Å². The molecule has 0 aliphatic carbocycles. The van der Waals surface area contributed by atoms with E-state index in [0.29, 0.717) is 19.8 Å². The van der Waals surface area contributed by atoms with Gasteiger partial charge in [-0.15, -0.1) is 0 Å². The SMILES string of the molecule is CC(C)(C)OC(=O)N1CCOCC1C(C)(C)O. The molecule has 0 aromatic heterocycles. The summed E-state index contributed by atoms with van der Waals surface area (Å²) < 4.78 is 10.6. The zero-order valence-electron chi connectivity index (χ0n) is 11.3. The van der Waals surface area contributed by atoms with Crippen molar-refractivity contribution in [2.75, 3.05) is 19.8 Å². The first-order chi connectivity index (χ1) is 7.61. The molecule has 0 saturated carbocycles. The standard InChI is InChI=1S/C12H23NO4/c1-11(2,3)17-10(14)13-6-7-16-8-9(13)12(4,5)15/h9,15H,6-8H2,1-5H3. The van der Waals surface area contributed by atoms with Crippen molar-refractivity contribution in [3.05, 3.63) is 0 Å². The van der Waals surface area contributed by atoms with E-state index >= 15 is 0 Å². The molecule has 0 radical (unpaired) electrons. The molecule has 1 atom stereocenters. The van der Waals surface area contributed by atoms with Gasteiger partial charge in [-0.2, -0.15) is 0 Å². The minimum Gasteiger partial charge on any atom is -0.444 e. The Hall–Kier alpha value is -0.810. The minimum atomic E-state index is -1.00. The van der Waals surface area contributed by atoms with Gasteiger partial charge in [0.05, 0.1) is 24.9 Å². The highest BCUT2D eigenvalue weighted by Crippen LogP contribution is 2.21. The second-order valence-electron chi connectivity index (χ2n) is 5.92. The molecule has 0 spiro atoms. The summed E-state index contributed by atoms with van der Waals surface area (Å²) in [6.45, 7) is 10.1. The average Bonchev–Trinajstić information content (AvgIpc) is 2.13. The predicted octanol–water partition coefficient (Wildman–Crippen LogP) is 1.39. The van der Waals surface area contributed by atoms with E-state index in [-0.39, 0.29) is 6.04 Å². The quantitative estimate of drug-likeness (QED) is 0.758. The molecule has 1 aliphatic rings. The van der Waals surface area contributed by atoms with Gasteiger partial charge in [-0.3, -0.25) is 4.90 Å². The number of hydrogen-bond acceptors (Lipinski definition) is 4. The topological polar surface area (TPSA) is 59.0 Å². The number of rotatable bonds is 1. The molecule has 5 heteroatoms. The molecule has 1 saturated heterocycles. The van der Waals surface area contributed by atoms with Crippen molar-refractivity contribution in [1.29, 1.82) is 0 Å². The molecule has 1 amide bonds. The Labute approximate surface area is 103 Å². The number of carbonyl (C=O) groups excluding carboxylic acids is 1. The average molecular weight is 245 g/mol. The number of ether oxygens (including phenoxy) is 2. The summed E-state index contributed by atoms with van der Waals surface area (Å²) >= 11 is 0. The Bertz CT molecular complexity index is 277. The lowest BCUT2D eigenvalue weighted by atomic mass is 9.97. The van der Waals surface area contributed by atoms with Crippen LogP contribution < -0.4 is 0 Å². The van der Waals surface area contributed by atoms with Gasteiger partial charge in [-0.25, -0.2) is 4.79 Å². The van der Waals surface area contributed by atoms with Crippen molar-refractivity contribution in [2.24, 2.45) is 0 Å². The van der Waals surface area contributed by atoms with Crippen molar-refractivity contribution in [1.82, 2.24) is 4.90 Å². The fraction of sp³-hybridized carbons (Fsp3) is 0.917. The second-order valence-corrected chi connectivity index (χ2v) is 5.92. The monoisotopic (exact) mass is 245 g/mol. The summed E-state index contributed by atoms with van der Waals surface area (Å²) in [5.74, 6) is 0. The van der Waals surface area contributed by atoms with Crippen molar-refractivity contribution in [2.45, 2.75) is 51.9 Å². The largest absolute Gasteiger partial charge is 0.444 e. The van der Waals surface area contributed by atoms with Gasteiger partial charge >= 0.3 is 6.09 Å². The fourth-order valence-electron chi connectivity index (χ4n) is 1.73. The molecule has 1 rings (SSSR count). The van der Waals surface area contributed by atoms with Gasteiger partial charge in [0.15, 0.2) is 0 Å². The Morgan fingerprint density at radius 3 is 2.41 bits per heavy atom. The first kappa shape index (κ1) is 14.3. The van der Waals surface area contributed by atoms with Crippen LogP contribution in [0.5, 0.6) is 0 Å². The second kappa shape index (κ2) is 4.82. The van der Waals surface area contributed by atoms with Crippen LogP contribution in [0, 0.1) is 0 Å². The maximum Gasteiger partial charge on any atom is 0.410 e. The van der Waals surface area contributed by atoms with Crippen LogP contribution in [-0.2, 0) is 9.47 Å². The summed E-state index contributed by atoms with van der Waals surface area (Å²) in [6.07, 6.45) is -0.395. The van der Waals surface area contributed by atoms with Gasteiger partial charge < -0.3 is 14.6 Å². The number of hydrogen-bond donors (Lipinski definition) is 1. The van der Waals surface area contributed by atoms with E-state index in [0.717, 1.165) is 0 Å². The Kier molecular flexibility index (Phi) is 4.04. The molecular formula is C12H23NO4. The van der Waals surface area contributed by atoms with Gasteiger partial charge in [0, 0.05) is 6.54 Å². The molecule has 1 heterocycles. The summed E-state index contributed by atoms with van der Waals surface area (Å²) in [7, 11) is 0. The molecule has 0 aromatic carbocycles. The minimum absolute atomic E-state index is 0.336. The summed E-state index contributed by atoms with van der Waals surface area (Å²) in [5.41, 5.74) is -1.53. The van der Waals surface area contributed by atoms with Crippen molar-refractivity contribution in [3.63, 3.8) is 0 Å². The van der Waals surface area contributed by atoms with Gasteiger partial charge in [0.25, 0.3) is 0 Å². The molecule has 1 fully saturated rings. The summed E-state index contributed by atoms with van der Waals surface area (Å²) in [5, 5.41) is 10.0. The highest BCUT2D eigenvalue weighted by Gasteiger charge is 2.39. The zero-order valence-corrected chi connectivity index (χ0v) is 11.3. The zero-order chi connectivity index (χ0) is 13.3. The molecule has 0 aromatic rings. The summed E-state index contributed by atoms with van der Waals surface area (Å²) in [4.78, 5) is 13.6.